The minimum Gasteiger partial charge on any atom is -0.508 e. The third-order valence-electron chi connectivity index (χ3n) is 3.47. The molecule has 1 aliphatic carbocycles. The third-order valence-corrected chi connectivity index (χ3v) is 3.47. The molecule has 3 heteroatoms. The fraction of sp³-hybridized carbons (Fsp3) is 0.538. The van der Waals surface area contributed by atoms with Gasteiger partial charge < -0.3 is 15.7 Å². The molecular weight excluding hydrogens is 200 g/mol. The van der Waals surface area contributed by atoms with E-state index in [1.807, 2.05) is 12.1 Å². The summed E-state index contributed by atoms with van der Waals surface area (Å²) in [6.45, 7) is 1.96. The zero-order valence-electron chi connectivity index (χ0n) is 9.37. The van der Waals surface area contributed by atoms with Gasteiger partial charge >= 0.3 is 0 Å². The van der Waals surface area contributed by atoms with Gasteiger partial charge in [0, 0.05) is 25.2 Å². The summed E-state index contributed by atoms with van der Waals surface area (Å²) in [7, 11) is 0. The number of hydrogen-bond donors (Lipinski definition) is 3. The summed E-state index contributed by atoms with van der Waals surface area (Å²) in [4.78, 5) is 0. The van der Waals surface area contributed by atoms with Crippen LogP contribution in [0.25, 0.3) is 0 Å². The summed E-state index contributed by atoms with van der Waals surface area (Å²) >= 11 is 0. The minimum absolute atomic E-state index is 0.384. The summed E-state index contributed by atoms with van der Waals surface area (Å²) in [5, 5.41) is 16.5. The lowest BCUT2D eigenvalue weighted by Gasteiger charge is -2.26. The first-order chi connectivity index (χ1) is 7.81. The van der Waals surface area contributed by atoms with Crippen LogP contribution in [0.3, 0.4) is 0 Å². The van der Waals surface area contributed by atoms with E-state index in [2.05, 4.69) is 10.6 Å². The van der Waals surface area contributed by atoms with Gasteiger partial charge in [0.1, 0.15) is 5.75 Å². The van der Waals surface area contributed by atoms with Crippen molar-refractivity contribution in [1.29, 1.82) is 0 Å². The van der Waals surface area contributed by atoms with Crippen LogP contribution in [0.2, 0.25) is 0 Å². The van der Waals surface area contributed by atoms with Crippen LogP contribution in [0.15, 0.2) is 18.2 Å². The molecule has 1 atom stereocenters. The molecule has 0 saturated heterocycles. The van der Waals surface area contributed by atoms with E-state index in [1.54, 1.807) is 6.07 Å². The Balaban J connectivity index is 1.64. The normalized spacial score (nSPS) is 24.1. The fourth-order valence-corrected chi connectivity index (χ4v) is 2.31. The maximum absolute atomic E-state index is 9.47. The zero-order valence-corrected chi connectivity index (χ0v) is 9.37. The number of rotatable bonds is 3. The highest BCUT2D eigenvalue weighted by Crippen LogP contribution is 2.22. The SMILES string of the molecule is Oc1ccc2c(c1)CC(CNC1CC1)NC2. The Bertz CT molecular complexity index is 388. The summed E-state index contributed by atoms with van der Waals surface area (Å²) in [5.74, 6) is 0.384. The molecule has 16 heavy (non-hydrogen) atoms. The van der Waals surface area contributed by atoms with E-state index in [9.17, 15) is 5.11 Å². The van der Waals surface area contributed by atoms with Gasteiger partial charge in [-0.15, -0.1) is 0 Å². The van der Waals surface area contributed by atoms with Crippen molar-refractivity contribution in [3.63, 3.8) is 0 Å². The molecule has 1 unspecified atom stereocenters. The maximum Gasteiger partial charge on any atom is 0.115 e. The number of benzene rings is 1. The number of phenolic OH excluding ortho intramolecular Hbond substituents is 1. The Kier molecular flexibility index (Phi) is 2.58. The molecule has 86 valence electrons. The van der Waals surface area contributed by atoms with Gasteiger partial charge in [0.25, 0.3) is 0 Å². The van der Waals surface area contributed by atoms with Gasteiger partial charge in [0.05, 0.1) is 0 Å². The van der Waals surface area contributed by atoms with Crippen LogP contribution in [0.1, 0.15) is 24.0 Å². The smallest absolute Gasteiger partial charge is 0.115 e. The molecule has 1 aromatic rings. The average molecular weight is 218 g/mol. The van der Waals surface area contributed by atoms with Crippen LogP contribution in [0.5, 0.6) is 5.75 Å². The Hall–Kier alpha value is -1.06. The number of aromatic hydroxyl groups is 1. The Morgan fingerprint density at radius 2 is 2.19 bits per heavy atom. The van der Waals surface area contributed by atoms with Crippen molar-refractivity contribution >= 4 is 0 Å². The van der Waals surface area contributed by atoms with Gasteiger partial charge in [-0.3, -0.25) is 0 Å². The van der Waals surface area contributed by atoms with Crippen molar-refractivity contribution in [2.75, 3.05) is 6.54 Å². The van der Waals surface area contributed by atoms with E-state index in [0.29, 0.717) is 11.8 Å². The van der Waals surface area contributed by atoms with Crippen LogP contribution in [-0.4, -0.2) is 23.7 Å². The summed E-state index contributed by atoms with van der Waals surface area (Å²) in [5.41, 5.74) is 2.61. The van der Waals surface area contributed by atoms with E-state index >= 15 is 0 Å². The Morgan fingerprint density at radius 3 is 3.00 bits per heavy atom. The largest absolute Gasteiger partial charge is 0.508 e. The molecule has 3 nitrogen and oxygen atoms in total. The standard InChI is InChI=1S/C13H18N2O/c16-13-4-1-9-7-14-12(5-10(9)6-13)8-15-11-2-3-11/h1,4,6,11-12,14-16H,2-3,5,7-8H2. The molecule has 0 bridgehead atoms. The molecule has 1 heterocycles. The highest BCUT2D eigenvalue weighted by molar-refractivity contribution is 5.36. The van der Waals surface area contributed by atoms with Crippen LogP contribution in [0.4, 0.5) is 0 Å². The molecule has 1 saturated carbocycles. The number of phenols is 1. The molecule has 1 aromatic carbocycles. The second kappa shape index (κ2) is 4.07. The van der Waals surface area contributed by atoms with Crippen LogP contribution >= 0.6 is 0 Å². The van der Waals surface area contributed by atoms with E-state index in [4.69, 9.17) is 0 Å². The molecule has 0 amide bonds. The summed E-state index contributed by atoms with van der Waals surface area (Å²) in [6, 6.07) is 6.97. The van der Waals surface area contributed by atoms with Gasteiger partial charge in [-0.25, -0.2) is 0 Å². The molecule has 0 aromatic heterocycles. The topological polar surface area (TPSA) is 44.3 Å². The predicted octanol–water partition coefficient (Wildman–Crippen LogP) is 1.16. The molecule has 0 spiro atoms. The summed E-state index contributed by atoms with van der Waals surface area (Å²) < 4.78 is 0. The molecule has 0 radical (unpaired) electrons. The third kappa shape index (κ3) is 2.20. The lowest BCUT2D eigenvalue weighted by atomic mass is 9.95. The molecule has 3 rings (SSSR count). The van der Waals surface area contributed by atoms with Crippen molar-refractivity contribution < 1.29 is 5.11 Å². The average Bonchev–Trinajstić information content (AvgIpc) is 3.09. The van der Waals surface area contributed by atoms with Crippen LogP contribution < -0.4 is 10.6 Å². The first-order valence-corrected chi connectivity index (χ1v) is 6.09. The van der Waals surface area contributed by atoms with Crippen molar-refractivity contribution in [3.8, 4) is 5.75 Å². The van der Waals surface area contributed by atoms with Crippen molar-refractivity contribution in [3.05, 3.63) is 29.3 Å². The lowest BCUT2D eigenvalue weighted by molar-refractivity contribution is 0.440. The van der Waals surface area contributed by atoms with Crippen molar-refractivity contribution in [2.45, 2.75) is 37.9 Å². The molecule has 3 N–H and O–H groups in total. The number of nitrogens with one attached hydrogen (secondary N) is 2. The van der Waals surface area contributed by atoms with Crippen LogP contribution in [0, 0.1) is 0 Å². The minimum atomic E-state index is 0.384. The highest BCUT2D eigenvalue weighted by Gasteiger charge is 2.23. The predicted molar refractivity (Wildman–Crippen MR) is 63.5 cm³/mol. The van der Waals surface area contributed by atoms with Crippen molar-refractivity contribution in [2.24, 2.45) is 0 Å². The number of fused-ring (bicyclic) bond motifs is 1. The monoisotopic (exact) mass is 218 g/mol. The van der Waals surface area contributed by atoms with E-state index in [-0.39, 0.29) is 0 Å². The number of hydrogen-bond acceptors (Lipinski definition) is 3. The van der Waals surface area contributed by atoms with Crippen molar-refractivity contribution in [1.82, 2.24) is 10.6 Å². The maximum atomic E-state index is 9.47. The van der Waals surface area contributed by atoms with E-state index in [0.717, 1.165) is 25.6 Å². The van der Waals surface area contributed by atoms with Gasteiger partial charge in [0.2, 0.25) is 0 Å². The zero-order chi connectivity index (χ0) is 11.0. The molecule has 1 fully saturated rings. The van der Waals surface area contributed by atoms with Gasteiger partial charge in [-0.1, -0.05) is 6.07 Å². The van der Waals surface area contributed by atoms with Crippen LogP contribution in [-0.2, 0) is 13.0 Å². The fourth-order valence-electron chi connectivity index (χ4n) is 2.31. The lowest BCUT2D eigenvalue weighted by Crippen LogP contribution is -2.43. The van der Waals surface area contributed by atoms with E-state index < -0.39 is 0 Å². The first kappa shape index (κ1) is 10.1. The second-order valence-electron chi connectivity index (χ2n) is 4.92. The van der Waals surface area contributed by atoms with Gasteiger partial charge in [0.15, 0.2) is 0 Å². The summed E-state index contributed by atoms with van der Waals surface area (Å²) in [6.07, 6.45) is 3.69. The van der Waals surface area contributed by atoms with Gasteiger partial charge in [-0.05, 0) is 42.5 Å². The first-order valence-electron chi connectivity index (χ1n) is 6.09. The quantitative estimate of drug-likeness (QED) is 0.713. The van der Waals surface area contributed by atoms with E-state index in [1.165, 1.54) is 24.0 Å². The van der Waals surface area contributed by atoms with Gasteiger partial charge in [-0.2, -0.15) is 0 Å². The molecule has 1 aliphatic heterocycles. The Labute approximate surface area is 95.9 Å². The molecular formula is C13H18N2O. The Morgan fingerprint density at radius 1 is 1.31 bits per heavy atom. The second-order valence-corrected chi connectivity index (χ2v) is 4.92. The molecule has 2 aliphatic rings. The highest BCUT2D eigenvalue weighted by atomic mass is 16.3.